The third-order valence-electron chi connectivity index (χ3n) is 3.63. The first kappa shape index (κ1) is 10.0. The van der Waals surface area contributed by atoms with Crippen LogP contribution in [-0.4, -0.2) is 23.9 Å². The topological polar surface area (TPSA) is 20.3 Å². The quantitative estimate of drug-likeness (QED) is 0.627. The molecule has 1 heterocycles. The Morgan fingerprint density at radius 1 is 1.07 bits per heavy atom. The first-order valence-electron chi connectivity index (χ1n) is 5.89. The molecule has 1 aliphatic heterocycles. The Labute approximate surface area is 86.7 Å². The first-order chi connectivity index (χ1) is 6.77. The zero-order valence-corrected chi connectivity index (χ0v) is 8.87. The van der Waals surface area contributed by atoms with Crippen LogP contribution in [0.25, 0.3) is 0 Å². The van der Waals surface area contributed by atoms with Gasteiger partial charge in [-0.15, -0.1) is 0 Å². The molecule has 2 nitrogen and oxygen atoms in total. The lowest BCUT2D eigenvalue weighted by atomic mass is 9.97. The Morgan fingerprint density at radius 3 is 2.21 bits per heavy atom. The molecule has 1 amide bonds. The van der Waals surface area contributed by atoms with Gasteiger partial charge in [0.15, 0.2) is 0 Å². The molecule has 2 heteroatoms. The number of amides is 1. The number of carbonyl (C=O) groups is 1. The highest BCUT2D eigenvalue weighted by Crippen LogP contribution is 2.28. The lowest BCUT2D eigenvalue weighted by Crippen LogP contribution is -2.40. The normalized spacial score (nSPS) is 25.6. The summed E-state index contributed by atoms with van der Waals surface area (Å²) in [5.41, 5.74) is 0. The van der Waals surface area contributed by atoms with Crippen molar-refractivity contribution in [2.45, 2.75) is 38.5 Å². The number of rotatable bonds is 1. The van der Waals surface area contributed by atoms with Gasteiger partial charge in [-0.25, -0.2) is 0 Å². The van der Waals surface area contributed by atoms with Crippen molar-refractivity contribution in [3.8, 4) is 0 Å². The molecule has 2 aliphatic rings. The Balaban J connectivity index is 1.85. The minimum absolute atomic E-state index is 0.358. The van der Waals surface area contributed by atoms with Gasteiger partial charge in [0.2, 0.25) is 5.91 Å². The molecular formula is C12H20NO. The molecule has 0 aromatic carbocycles. The lowest BCUT2D eigenvalue weighted by molar-refractivity contribution is -0.136. The minimum Gasteiger partial charge on any atom is -0.342 e. The summed E-state index contributed by atoms with van der Waals surface area (Å²) in [4.78, 5) is 14.1. The Bertz CT molecular complexity index is 200. The molecule has 0 aromatic rings. The second kappa shape index (κ2) is 4.33. The van der Waals surface area contributed by atoms with Gasteiger partial charge >= 0.3 is 0 Å². The van der Waals surface area contributed by atoms with Crippen LogP contribution in [0, 0.1) is 18.8 Å². The van der Waals surface area contributed by atoms with Crippen molar-refractivity contribution >= 4 is 5.91 Å². The number of carbonyl (C=O) groups excluding carboxylic acids is 1. The minimum atomic E-state index is 0.358. The molecule has 0 aromatic heterocycles. The van der Waals surface area contributed by atoms with E-state index >= 15 is 0 Å². The van der Waals surface area contributed by atoms with Gasteiger partial charge in [0.1, 0.15) is 0 Å². The van der Waals surface area contributed by atoms with Gasteiger partial charge in [0.05, 0.1) is 0 Å². The third kappa shape index (κ3) is 2.10. The van der Waals surface area contributed by atoms with Crippen LogP contribution < -0.4 is 0 Å². The van der Waals surface area contributed by atoms with Crippen LogP contribution in [0.15, 0.2) is 0 Å². The van der Waals surface area contributed by atoms with E-state index in [1.165, 1.54) is 12.8 Å². The van der Waals surface area contributed by atoms with E-state index in [0.29, 0.717) is 17.7 Å². The van der Waals surface area contributed by atoms with Crippen molar-refractivity contribution in [3.63, 3.8) is 0 Å². The van der Waals surface area contributed by atoms with Gasteiger partial charge < -0.3 is 4.90 Å². The fourth-order valence-electron chi connectivity index (χ4n) is 2.58. The van der Waals surface area contributed by atoms with Gasteiger partial charge in [0.25, 0.3) is 0 Å². The Kier molecular flexibility index (Phi) is 3.09. The number of hydrogen-bond donors (Lipinski definition) is 0. The van der Waals surface area contributed by atoms with Crippen molar-refractivity contribution in [3.05, 3.63) is 6.92 Å². The molecule has 0 unspecified atom stereocenters. The molecule has 1 saturated carbocycles. The van der Waals surface area contributed by atoms with E-state index in [-0.39, 0.29) is 0 Å². The second-order valence-electron chi connectivity index (χ2n) is 4.75. The summed E-state index contributed by atoms with van der Waals surface area (Å²) in [6.07, 6.45) is 6.95. The average molecular weight is 194 g/mol. The summed E-state index contributed by atoms with van der Waals surface area (Å²) in [7, 11) is 0. The fourth-order valence-corrected chi connectivity index (χ4v) is 2.58. The molecule has 2 rings (SSSR count). The lowest BCUT2D eigenvalue weighted by Gasteiger charge is -2.32. The fraction of sp³-hybridized carbons (Fsp3) is 0.833. The van der Waals surface area contributed by atoms with Crippen LogP contribution in [0.2, 0.25) is 0 Å². The van der Waals surface area contributed by atoms with Crippen molar-refractivity contribution in [1.29, 1.82) is 0 Å². The number of likely N-dealkylation sites (tertiary alicyclic amines) is 1. The van der Waals surface area contributed by atoms with Gasteiger partial charge in [-0.05, 0) is 31.6 Å². The summed E-state index contributed by atoms with van der Waals surface area (Å²) in [5, 5.41) is 0. The van der Waals surface area contributed by atoms with E-state index in [2.05, 4.69) is 11.8 Å². The molecule has 1 saturated heterocycles. The molecule has 0 N–H and O–H groups in total. The zero-order chi connectivity index (χ0) is 9.97. The number of hydrogen-bond acceptors (Lipinski definition) is 1. The van der Waals surface area contributed by atoms with E-state index in [4.69, 9.17) is 0 Å². The zero-order valence-electron chi connectivity index (χ0n) is 8.87. The SMILES string of the molecule is [CH2]C1CCN(C(=O)C2CCCC2)CC1. The van der Waals surface area contributed by atoms with Crippen molar-refractivity contribution < 1.29 is 4.79 Å². The van der Waals surface area contributed by atoms with Gasteiger partial charge in [-0.2, -0.15) is 0 Å². The summed E-state index contributed by atoms with van der Waals surface area (Å²) in [6, 6.07) is 0. The molecule has 0 atom stereocenters. The number of nitrogens with zero attached hydrogens (tertiary/aromatic N) is 1. The van der Waals surface area contributed by atoms with Crippen LogP contribution in [0.1, 0.15) is 38.5 Å². The van der Waals surface area contributed by atoms with Crippen molar-refractivity contribution in [2.75, 3.05) is 13.1 Å². The van der Waals surface area contributed by atoms with E-state index in [9.17, 15) is 4.79 Å². The van der Waals surface area contributed by atoms with Crippen LogP contribution in [0.4, 0.5) is 0 Å². The third-order valence-corrected chi connectivity index (χ3v) is 3.63. The van der Waals surface area contributed by atoms with Crippen molar-refractivity contribution in [1.82, 2.24) is 4.90 Å². The Morgan fingerprint density at radius 2 is 1.64 bits per heavy atom. The van der Waals surface area contributed by atoms with Crippen LogP contribution in [0.5, 0.6) is 0 Å². The summed E-state index contributed by atoms with van der Waals surface area (Å²) in [5.74, 6) is 1.35. The molecule has 1 aliphatic carbocycles. The average Bonchev–Trinajstić information content (AvgIpc) is 2.71. The maximum Gasteiger partial charge on any atom is 0.225 e. The van der Waals surface area contributed by atoms with Gasteiger partial charge in [-0.1, -0.05) is 19.8 Å². The summed E-state index contributed by atoms with van der Waals surface area (Å²) >= 11 is 0. The first-order valence-corrected chi connectivity index (χ1v) is 5.89. The van der Waals surface area contributed by atoms with Crippen LogP contribution in [-0.2, 0) is 4.79 Å². The van der Waals surface area contributed by atoms with Gasteiger partial charge in [0, 0.05) is 19.0 Å². The Hall–Kier alpha value is -0.530. The highest BCUT2D eigenvalue weighted by atomic mass is 16.2. The maximum absolute atomic E-state index is 12.0. The summed E-state index contributed by atoms with van der Waals surface area (Å²) < 4.78 is 0. The van der Waals surface area contributed by atoms with E-state index in [1.807, 2.05) is 0 Å². The van der Waals surface area contributed by atoms with E-state index in [0.717, 1.165) is 38.8 Å². The van der Waals surface area contributed by atoms with Crippen molar-refractivity contribution in [2.24, 2.45) is 11.8 Å². The molecule has 14 heavy (non-hydrogen) atoms. The molecule has 0 spiro atoms. The molecule has 2 fully saturated rings. The standard InChI is InChI=1S/C12H20NO/c1-10-6-8-13(9-7-10)12(14)11-4-2-3-5-11/h10-11H,1-9H2. The highest BCUT2D eigenvalue weighted by Gasteiger charge is 2.28. The molecule has 1 radical (unpaired) electrons. The molecular weight excluding hydrogens is 174 g/mol. The number of piperidine rings is 1. The summed E-state index contributed by atoms with van der Waals surface area (Å²) in [6.45, 7) is 5.95. The monoisotopic (exact) mass is 194 g/mol. The van der Waals surface area contributed by atoms with Crippen LogP contribution in [0.3, 0.4) is 0 Å². The molecule has 79 valence electrons. The predicted molar refractivity (Wildman–Crippen MR) is 56.6 cm³/mol. The van der Waals surface area contributed by atoms with Crippen LogP contribution >= 0.6 is 0 Å². The smallest absolute Gasteiger partial charge is 0.225 e. The second-order valence-corrected chi connectivity index (χ2v) is 4.75. The predicted octanol–water partition coefficient (Wildman–Crippen LogP) is 2.25. The largest absolute Gasteiger partial charge is 0.342 e. The molecule has 0 bridgehead atoms. The van der Waals surface area contributed by atoms with Gasteiger partial charge in [-0.3, -0.25) is 4.79 Å². The van der Waals surface area contributed by atoms with E-state index in [1.54, 1.807) is 0 Å². The van der Waals surface area contributed by atoms with E-state index < -0.39 is 0 Å². The maximum atomic E-state index is 12.0. The highest BCUT2D eigenvalue weighted by molar-refractivity contribution is 5.79.